The summed E-state index contributed by atoms with van der Waals surface area (Å²) in [6.07, 6.45) is 0.266. The van der Waals surface area contributed by atoms with Gasteiger partial charge in [-0.3, -0.25) is 9.59 Å². The van der Waals surface area contributed by atoms with Crippen molar-refractivity contribution in [2.24, 2.45) is 5.92 Å². The van der Waals surface area contributed by atoms with Crippen LogP contribution in [0, 0.1) is 11.7 Å². The number of nitrogens with zero attached hydrogens (tertiary/aromatic N) is 1. The predicted molar refractivity (Wildman–Crippen MR) is 57.2 cm³/mol. The summed E-state index contributed by atoms with van der Waals surface area (Å²) < 4.78 is 13.2. The average Bonchev–Trinajstić information content (AvgIpc) is 2.99. The van der Waals surface area contributed by atoms with Gasteiger partial charge in [-0.15, -0.1) is 0 Å². The first-order valence-corrected chi connectivity index (χ1v) is 5.29. The van der Waals surface area contributed by atoms with Gasteiger partial charge in [-0.2, -0.15) is 0 Å². The number of benzene rings is 1. The minimum absolute atomic E-state index is 0.245. The van der Waals surface area contributed by atoms with Crippen molar-refractivity contribution in [1.82, 2.24) is 0 Å². The summed E-state index contributed by atoms with van der Waals surface area (Å²) in [5.41, 5.74) is 0.107. The third kappa shape index (κ3) is 1.06. The minimum Gasteiger partial charge on any atom is -0.481 e. The van der Waals surface area contributed by atoms with Gasteiger partial charge in [0.05, 0.1) is 11.3 Å². The largest absolute Gasteiger partial charge is 0.481 e. The van der Waals surface area contributed by atoms with Crippen molar-refractivity contribution < 1.29 is 19.1 Å². The van der Waals surface area contributed by atoms with Crippen LogP contribution in [-0.2, 0) is 15.0 Å². The molecular formula is C12H10FNO3. The molecule has 1 spiro atoms. The number of carboxylic acid groups (broad SMARTS) is 1. The Labute approximate surface area is 96.7 Å². The summed E-state index contributed by atoms with van der Waals surface area (Å²) in [6, 6.07) is 4.08. The fourth-order valence-electron chi connectivity index (χ4n) is 2.78. The van der Waals surface area contributed by atoms with Crippen molar-refractivity contribution in [1.29, 1.82) is 0 Å². The Morgan fingerprint density at radius 2 is 2.29 bits per heavy atom. The standard InChI is InChI=1S/C12H10FNO3/c1-14-9-3-2-6(13)4-7(9)12(11(14)17)5-8(12)10(15)16/h2-4,8H,5H2,1H3,(H,15,16). The van der Waals surface area contributed by atoms with Crippen molar-refractivity contribution in [3.8, 4) is 0 Å². The van der Waals surface area contributed by atoms with Crippen LogP contribution in [0.2, 0.25) is 0 Å². The molecule has 1 saturated carbocycles. The fourth-order valence-corrected chi connectivity index (χ4v) is 2.78. The van der Waals surface area contributed by atoms with Crippen LogP contribution in [-0.4, -0.2) is 24.0 Å². The number of hydrogen-bond donors (Lipinski definition) is 1. The van der Waals surface area contributed by atoms with Gasteiger partial charge in [0.15, 0.2) is 0 Å². The van der Waals surface area contributed by atoms with Gasteiger partial charge in [-0.25, -0.2) is 4.39 Å². The molecule has 1 amide bonds. The van der Waals surface area contributed by atoms with Gasteiger partial charge in [0.2, 0.25) is 5.91 Å². The maximum absolute atomic E-state index is 13.2. The lowest BCUT2D eigenvalue weighted by molar-refractivity contribution is -0.140. The van der Waals surface area contributed by atoms with E-state index in [0.29, 0.717) is 11.3 Å². The van der Waals surface area contributed by atoms with E-state index in [1.165, 1.54) is 23.1 Å². The first kappa shape index (κ1) is 10.3. The van der Waals surface area contributed by atoms with E-state index in [1.807, 2.05) is 0 Å². The Morgan fingerprint density at radius 1 is 1.59 bits per heavy atom. The second-order valence-corrected chi connectivity index (χ2v) is 4.59. The van der Waals surface area contributed by atoms with Crippen LogP contribution >= 0.6 is 0 Å². The highest BCUT2D eigenvalue weighted by atomic mass is 19.1. The SMILES string of the molecule is CN1C(=O)C2(CC2C(=O)O)c2cc(F)ccc21. The molecule has 1 fully saturated rings. The van der Waals surface area contributed by atoms with Gasteiger partial charge in [-0.1, -0.05) is 0 Å². The second kappa shape index (κ2) is 2.85. The predicted octanol–water partition coefficient (Wildman–Crippen LogP) is 1.14. The van der Waals surface area contributed by atoms with Crippen molar-refractivity contribution >= 4 is 17.6 Å². The molecule has 0 saturated heterocycles. The maximum Gasteiger partial charge on any atom is 0.307 e. The highest BCUT2D eigenvalue weighted by Gasteiger charge is 2.69. The fraction of sp³-hybridized carbons (Fsp3) is 0.333. The van der Waals surface area contributed by atoms with Crippen molar-refractivity contribution in [3.05, 3.63) is 29.6 Å². The quantitative estimate of drug-likeness (QED) is 0.794. The van der Waals surface area contributed by atoms with Crippen LogP contribution in [0.4, 0.5) is 10.1 Å². The van der Waals surface area contributed by atoms with E-state index in [0.717, 1.165) is 0 Å². The summed E-state index contributed by atoms with van der Waals surface area (Å²) in [5.74, 6) is -2.41. The molecular weight excluding hydrogens is 225 g/mol. The van der Waals surface area contributed by atoms with Crippen LogP contribution in [0.3, 0.4) is 0 Å². The molecule has 2 unspecified atom stereocenters. The Kier molecular flexibility index (Phi) is 1.72. The van der Waals surface area contributed by atoms with E-state index in [1.54, 1.807) is 7.05 Å². The number of anilines is 1. The van der Waals surface area contributed by atoms with Gasteiger partial charge >= 0.3 is 5.97 Å². The number of amides is 1. The summed E-state index contributed by atoms with van der Waals surface area (Å²) in [4.78, 5) is 24.5. The summed E-state index contributed by atoms with van der Waals surface area (Å²) in [7, 11) is 1.59. The zero-order valence-corrected chi connectivity index (χ0v) is 9.11. The van der Waals surface area contributed by atoms with Gasteiger partial charge in [0.1, 0.15) is 5.82 Å². The van der Waals surface area contributed by atoms with Crippen LogP contribution in [0.15, 0.2) is 18.2 Å². The van der Waals surface area contributed by atoms with E-state index < -0.39 is 23.1 Å². The first-order valence-electron chi connectivity index (χ1n) is 5.29. The maximum atomic E-state index is 13.2. The molecule has 0 bridgehead atoms. The number of carbonyl (C=O) groups excluding carboxylic acids is 1. The third-order valence-electron chi connectivity index (χ3n) is 3.75. The van der Waals surface area contributed by atoms with Gasteiger partial charge in [0.25, 0.3) is 0 Å². The molecule has 17 heavy (non-hydrogen) atoms. The minimum atomic E-state index is -1.02. The monoisotopic (exact) mass is 235 g/mol. The van der Waals surface area contributed by atoms with Crippen LogP contribution in [0.25, 0.3) is 0 Å². The van der Waals surface area contributed by atoms with Crippen LogP contribution in [0.1, 0.15) is 12.0 Å². The van der Waals surface area contributed by atoms with Gasteiger partial charge < -0.3 is 10.0 Å². The molecule has 4 nitrogen and oxygen atoms in total. The highest BCUT2D eigenvalue weighted by Crippen LogP contribution is 2.61. The molecule has 1 heterocycles. The van der Waals surface area contributed by atoms with E-state index in [9.17, 15) is 14.0 Å². The lowest BCUT2D eigenvalue weighted by Gasteiger charge is -2.09. The Balaban J connectivity index is 2.18. The average molecular weight is 235 g/mol. The number of carbonyl (C=O) groups is 2. The zero-order valence-electron chi connectivity index (χ0n) is 9.11. The van der Waals surface area contributed by atoms with E-state index >= 15 is 0 Å². The van der Waals surface area contributed by atoms with Crippen LogP contribution in [0.5, 0.6) is 0 Å². The molecule has 1 aliphatic heterocycles. The summed E-state index contributed by atoms with van der Waals surface area (Å²) >= 11 is 0. The number of rotatable bonds is 1. The van der Waals surface area contributed by atoms with Crippen molar-refractivity contribution in [2.45, 2.75) is 11.8 Å². The Bertz CT molecular complexity index is 557. The van der Waals surface area contributed by atoms with Crippen LogP contribution < -0.4 is 4.90 Å². The van der Waals surface area contributed by atoms with Gasteiger partial charge in [0, 0.05) is 12.7 Å². The molecule has 0 radical (unpaired) electrons. The molecule has 1 aromatic rings. The molecule has 2 atom stereocenters. The number of hydrogen-bond acceptors (Lipinski definition) is 2. The molecule has 0 aromatic heterocycles. The number of halogens is 1. The molecule has 1 aliphatic carbocycles. The lowest BCUT2D eigenvalue weighted by atomic mass is 9.95. The zero-order chi connectivity index (χ0) is 12.4. The first-order chi connectivity index (χ1) is 7.98. The second-order valence-electron chi connectivity index (χ2n) is 4.59. The molecule has 1 N–H and O–H groups in total. The summed E-state index contributed by atoms with van der Waals surface area (Å²) in [5, 5.41) is 9.01. The number of aliphatic carboxylic acids is 1. The molecule has 88 valence electrons. The third-order valence-corrected chi connectivity index (χ3v) is 3.75. The molecule has 1 aromatic carbocycles. The Hall–Kier alpha value is -1.91. The van der Waals surface area contributed by atoms with E-state index in [-0.39, 0.29) is 12.3 Å². The van der Waals surface area contributed by atoms with Crippen molar-refractivity contribution in [3.63, 3.8) is 0 Å². The molecule has 5 heteroatoms. The van der Waals surface area contributed by atoms with Gasteiger partial charge in [-0.05, 0) is 30.2 Å². The molecule has 2 aliphatic rings. The topological polar surface area (TPSA) is 57.6 Å². The summed E-state index contributed by atoms with van der Waals surface area (Å²) in [6.45, 7) is 0. The van der Waals surface area contributed by atoms with E-state index in [2.05, 4.69) is 0 Å². The Morgan fingerprint density at radius 3 is 2.88 bits per heavy atom. The highest BCUT2D eigenvalue weighted by molar-refractivity contribution is 6.13. The number of likely N-dealkylation sites (N-methyl/N-ethyl adjacent to an activating group) is 1. The lowest BCUT2D eigenvalue weighted by Crippen LogP contribution is -2.30. The van der Waals surface area contributed by atoms with Crippen molar-refractivity contribution in [2.75, 3.05) is 11.9 Å². The number of carboxylic acids is 1. The molecule has 3 rings (SSSR count). The smallest absolute Gasteiger partial charge is 0.307 e. The number of fused-ring (bicyclic) bond motifs is 2. The van der Waals surface area contributed by atoms with E-state index in [4.69, 9.17) is 5.11 Å². The normalized spacial score (nSPS) is 29.6.